The van der Waals surface area contributed by atoms with Gasteiger partial charge < -0.3 is 10.2 Å². The van der Waals surface area contributed by atoms with Crippen molar-refractivity contribution in [3.8, 4) is 0 Å². The van der Waals surface area contributed by atoms with E-state index in [2.05, 4.69) is 14.9 Å². The number of hydrogen-bond donors (Lipinski definition) is 2. The molecule has 0 radical (unpaired) electrons. The molecule has 10 heteroatoms. The van der Waals surface area contributed by atoms with Crippen LogP contribution in [0, 0.1) is 0 Å². The Morgan fingerprint density at radius 1 is 1.12 bits per heavy atom. The normalized spacial score (nSPS) is 17.1. The molecule has 0 aromatic heterocycles. The summed E-state index contributed by atoms with van der Waals surface area (Å²) in [6.45, 7) is 5.00. The highest BCUT2D eigenvalue weighted by Crippen LogP contribution is 2.18. The van der Waals surface area contributed by atoms with E-state index < -0.39 is 20.0 Å². The highest BCUT2D eigenvalue weighted by Gasteiger charge is 2.21. The van der Waals surface area contributed by atoms with Gasteiger partial charge in [-0.25, -0.2) is 25.9 Å². The summed E-state index contributed by atoms with van der Waals surface area (Å²) in [6.07, 6.45) is 0.703. The lowest BCUT2D eigenvalue weighted by molar-refractivity contribution is 0.239. The van der Waals surface area contributed by atoms with E-state index in [1.807, 2.05) is 0 Å². The minimum Gasteiger partial charge on any atom is -0.314 e. The molecule has 25 heavy (non-hydrogen) atoms. The summed E-state index contributed by atoms with van der Waals surface area (Å²) in [4.78, 5) is 2.20. The van der Waals surface area contributed by atoms with Gasteiger partial charge in [-0.3, -0.25) is 0 Å². The Morgan fingerprint density at radius 3 is 2.40 bits per heavy atom. The molecule has 8 nitrogen and oxygen atoms in total. The molecule has 1 aromatic rings. The van der Waals surface area contributed by atoms with E-state index in [1.54, 1.807) is 0 Å². The number of sulfonamides is 2. The third-order valence-corrected chi connectivity index (χ3v) is 7.32. The third-order valence-electron chi connectivity index (χ3n) is 4.05. The highest BCUT2D eigenvalue weighted by atomic mass is 32.2. The number of rotatable bonds is 8. The van der Waals surface area contributed by atoms with Crippen LogP contribution in [-0.2, 0) is 20.0 Å². The van der Waals surface area contributed by atoms with Crippen LogP contribution in [-0.4, -0.2) is 79.4 Å². The van der Waals surface area contributed by atoms with Crippen molar-refractivity contribution in [1.29, 1.82) is 0 Å². The fraction of sp³-hybridized carbons (Fsp3) is 0.600. The van der Waals surface area contributed by atoms with Crippen molar-refractivity contribution < 1.29 is 16.8 Å². The lowest BCUT2D eigenvalue weighted by Gasteiger charge is -2.27. The molecule has 0 spiro atoms. The lowest BCUT2D eigenvalue weighted by Crippen LogP contribution is -2.44. The predicted octanol–water partition coefficient (Wildman–Crippen LogP) is -0.489. The summed E-state index contributed by atoms with van der Waals surface area (Å²) >= 11 is 0. The quantitative estimate of drug-likeness (QED) is 0.581. The molecule has 1 aromatic carbocycles. The van der Waals surface area contributed by atoms with Gasteiger partial charge in [0, 0.05) is 46.8 Å². The van der Waals surface area contributed by atoms with E-state index in [-0.39, 0.29) is 9.79 Å². The van der Waals surface area contributed by atoms with Crippen LogP contribution in [0.3, 0.4) is 0 Å². The Labute approximate surface area is 150 Å². The van der Waals surface area contributed by atoms with Crippen molar-refractivity contribution >= 4 is 20.0 Å². The van der Waals surface area contributed by atoms with Crippen molar-refractivity contribution in [2.45, 2.75) is 16.2 Å². The standard InChI is InChI=1S/C15H26N4O4S2/c1-18(2)25(22,23)15-6-3-5-14(13-15)24(20,21)17-7-4-10-19-11-8-16-9-12-19/h3,5-6,13,16-17H,4,7-12H2,1-2H3. The van der Waals surface area contributed by atoms with E-state index in [1.165, 1.54) is 38.4 Å². The molecule has 0 bridgehead atoms. The molecule has 1 aliphatic heterocycles. The van der Waals surface area contributed by atoms with E-state index in [0.717, 1.165) is 37.0 Å². The molecule has 0 aliphatic carbocycles. The molecule has 1 fully saturated rings. The fourth-order valence-corrected chi connectivity index (χ4v) is 4.68. The average molecular weight is 391 g/mol. The van der Waals surface area contributed by atoms with Gasteiger partial charge in [0.15, 0.2) is 0 Å². The molecule has 142 valence electrons. The van der Waals surface area contributed by atoms with Crippen molar-refractivity contribution in [2.24, 2.45) is 0 Å². The van der Waals surface area contributed by atoms with Crippen LogP contribution in [0.1, 0.15) is 6.42 Å². The molecule has 1 saturated heterocycles. The molecule has 2 N–H and O–H groups in total. The number of hydrogen-bond acceptors (Lipinski definition) is 6. The van der Waals surface area contributed by atoms with Crippen LogP contribution in [0.4, 0.5) is 0 Å². The molecule has 0 amide bonds. The summed E-state index contributed by atoms with van der Waals surface area (Å²) in [5.74, 6) is 0. The van der Waals surface area contributed by atoms with Gasteiger partial charge in [-0.15, -0.1) is 0 Å². The average Bonchev–Trinajstić information content (AvgIpc) is 2.59. The summed E-state index contributed by atoms with van der Waals surface area (Å²) in [5.41, 5.74) is 0. The van der Waals surface area contributed by atoms with Gasteiger partial charge in [0.2, 0.25) is 20.0 Å². The summed E-state index contributed by atoms with van der Waals surface area (Å²) in [5, 5.41) is 3.27. The van der Waals surface area contributed by atoms with Crippen LogP contribution in [0.25, 0.3) is 0 Å². The zero-order valence-corrected chi connectivity index (χ0v) is 16.2. The molecular weight excluding hydrogens is 364 g/mol. The van der Waals surface area contributed by atoms with Gasteiger partial charge in [0.25, 0.3) is 0 Å². The Bertz CT molecular complexity index is 772. The van der Waals surface area contributed by atoms with E-state index >= 15 is 0 Å². The Kier molecular flexibility index (Phi) is 6.94. The SMILES string of the molecule is CN(C)S(=O)(=O)c1cccc(S(=O)(=O)NCCCN2CCNCC2)c1. The fourth-order valence-electron chi connectivity index (χ4n) is 2.54. The zero-order chi connectivity index (χ0) is 18.5. The molecular formula is C15H26N4O4S2. The molecule has 1 heterocycles. The number of nitrogens with zero attached hydrogens (tertiary/aromatic N) is 2. The van der Waals surface area contributed by atoms with Gasteiger partial charge in [0.1, 0.15) is 0 Å². The third kappa shape index (κ3) is 5.47. The van der Waals surface area contributed by atoms with Gasteiger partial charge in [-0.2, -0.15) is 0 Å². The van der Waals surface area contributed by atoms with Crippen LogP contribution in [0.15, 0.2) is 34.1 Å². The topological polar surface area (TPSA) is 98.8 Å². The first-order valence-corrected chi connectivity index (χ1v) is 11.1. The maximum Gasteiger partial charge on any atom is 0.242 e. The lowest BCUT2D eigenvalue weighted by atomic mass is 10.3. The van der Waals surface area contributed by atoms with Crippen LogP contribution < -0.4 is 10.0 Å². The maximum atomic E-state index is 12.4. The van der Waals surface area contributed by atoms with Gasteiger partial charge in [-0.05, 0) is 31.2 Å². The van der Waals surface area contributed by atoms with Gasteiger partial charge in [0.05, 0.1) is 9.79 Å². The van der Waals surface area contributed by atoms with Crippen molar-refractivity contribution in [2.75, 3.05) is 53.4 Å². The van der Waals surface area contributed by atoms with Crippen molar-refractivity contribution in [3.05, 3.63) is 24.3 Å². The zero-order valence-electron chi connectivity index (χ0n) is 14.6. The monoisotopic (exact) mass is 390 g/mol. The number of benzene rings is 1. The van der Waals surface area contributed by atoms with E-state index in [4.69, 9.17) is 0 Å². The molecule has 2 rings (SSSR count). The summed E-state index contributed by atoms with van der Waals surface area (Å²) in [6, 6.07) is 5.41. The first-order valence-electron chi connectivity index (χ1n) is 8.19. The van der Waals surface area contributed by atoms with Gasteiger partial charge >= 0.3 is 0 Å². The summed E-state index contributed by atoms with van der Waals surface area (Å²) < 4.78 is 52.7. The maximum absolute atomic E-state index is 12.4. The van der Waals surface area contributed by atoms with Crippen LogP contribution in [0.5, 0.6) is 0 Å². The first kappa shape index (κ1) is 20.3. The Hall–Kier alpha value is -1.04. The Morgan fingerprint density at radius 2 is 1.76 bits per heavy atom. The second-order valence-corrected chi connectivity index (χ2v) is 10.0. The second-order valence-electron chi connectivity index (χ2n) is 6.11. The van der Waals surface area contributed by atoms with E-state index in [9.17, 15) is 16.8 Å². The first-order chi connectivity index (χ1) is 11.7. The minimum atomic E-state index is -3.74. The second kappa shape index (κ2) is 8.56. The van der Waals surface area contributed by atoms with Crippen molar-refractivity contribution in [1.82, 2.24) is 19.2 Å². The largest absolute Gasteiger partial charge is 0.314 e. The molecule has 0 unspecified atom stereocenters. The molecule has 0 saturated carbocycles. The van der Waals surface area contributed by atoms with Crippen LogP contribution >= 0.6 is 0 Å². The minimum absolute atomic E-state index is 0.0406. The smallest absolute Gasteiger partial charge is 0.242 e. The number of piperazine rings is 1. The molecule has 0 atom stereocenters. The molecule has 1 aliphatic rings. The van der Waals surface area contributed by atoms with E-state index in [0.29, 0.717) is 13.0 Å². The van der Waals surface area contributed by atoms with Crippen molar-refractivity contribution in [3.63, 3.8) is 0 Å². The highest BCUT2D eigenvalue weighted by molar-refractivity contribution is 7.90. The number of nitrogens with one attached hydrogen (secondary N) is 2. The van der Waals surface area contributed by atoms with Crippen LogP contribution in [0.2, 0.25) is 0 Å². The summed E-state index contributed by atoms with van der Waals surface area (Å²) in [7, 11) is -4.59. The van der Waals surface area contributed by atoms with Gasteiger partial charge in [-0.1, -0.05) is 6.07 Å². The Balaban J connectivity index is 1.97. The predicted molar refractivity (Wildman–Crippen MR) is 96.4 cm³/mol.